The molecule has 6 heteroatoms. The highest BCUT2D eigenvalue weighted by Gasteiger charge is 2.34. The summed E-state index contributed by atoms with van der Waals surface area (Å²) < 4.78 is 7.22. The van der Waals surface area contributed by atoms with E-state index in [1.165, 1.54) is 0 Å². The Balaban J connectivity index is 1.95. The fourth-order valence-corrected chi connectivity index (χ4v) is 3.04. The van der Waals surface area contributed by atoms with Crippen molar-refractivity contribution in [2.45, 2.75) is 32.7 Å². The molecule has 114 valence electrons. The third-order valence-corrected chi connectivity index (χ3v) is 4.59. The van der Waals surface area contributed by atoms with Crippen LogP contribution in [0.3, 0.4) is 0 Å². The van der Waals surface area contributed by atoms with Crippen LogP contribution in [0.25, 0.3) is 0 Å². The average molecular weight is 302 g/mol. The van der Waals surface area contributed by atoms with Crippen LogP contribution >= 0.6 is 11.6 Å². The van der Waals surface area contributed by atoms with Gasteiger partial charge >= 0.3 is 0 Å². The summed E-state index contributed by atoms with van der Waals surface area (Å²) in [6.07, 6.45) is 2.66. The first-order valence-electron chi connectivity index (χ1n) is 7.21. The molecule has 1 saturated heterocycles. The lowest BCUT2D eigenvalue weighted by molar-refractivity contribution is 0.124. The summed E-state index contributed by atoms with van der Waals surface area (Å²) in [6, 6.07) is 0. The van der Waals surface area contributed by atoms with Crippen molar-refractivity contribution < 1.29 is 9.84 Å². The Hall–Kier alpha value is -0.620. The molecule has 1 aliphatic rings. The van der Waals surface area contributed by atoms with Crippen LogP contribution in [-0.2, 0) is 24.8 Å². The second-order valence-corrected chi connectivity index (χ2v) is 5.93. The number of aromatic nitrogens is 2. The molecule has 1 unspecified atom stereocenters. The summed E-state index contributed by atoms with van der Waals surface area (Å²) in [6.45, 7) is 5.35. The van der Waals surface area contributed by atoms with Crippen molar-refractivity contribution in [2.75, 3.05) is 26.4 Å². The van der Waals surface area contributed by atoms with Gasteiger partial charge in [0.25, 0.3) is 0 Å². The maximum Gasteiger partial charge on any atom is 0.131 e. The lowest BCUT2D eigenvalue weighted by atomic mass is 9.84. The molecule has 1 atom stereocenters. The van der Waals surface area contributed by atoms with Gasteiger partial charge in [-0.2, -0.15) is 5.10 Å². The van der Waals surface area contributed by atoms with Gasteiger partial charge < -0.3 is 15.2 Å². The summed E-state index contributed by atoms with van der Waals surface area (Å²) in [5, 5.41) is 17.8. The standard InChI is InChI=1S/C14H24ClN3O2/c1-3-12-11(13(15)18(2)17-12)8-16-9-14(4-6-19)5-7-20-10-14/h16,19H,3-10H2,1-2H3. The summed E-state index contributed by atoms with van der Waals surface area (Å²) >= 11 is 6.28. The Labute approximate surface area is 125 Å². The molecule has 0 spiro atoms. The zero-order chi connectivity index (χ0) is 14.6. The van der Waals surface area contributed by atoms with Crippen molar-refractivity contribution in [3.63, 3.8) is 0 Å². The topological polar surface area (TPSA) is 59.3 Å². The lowest BCUT2D eigenvalue weighted by Gasteiger charge is -2.26. The van der Waals surface area contributed by atoms with Crippen LogP contribution in [0.2, 0.25) is 5.15 Å². The molecule has 0 aromatic carbocycles. The Morgan fingerprint density at radius 3 is 2.95 bits per heavy atom. The monoisotopic (exact) mass is 301 g/mol. The molecule has 1 fully saturated rings. The lowest BCUT2D eigenvalue weighted by Crippen LogP contribution is -2.35. The van der Waals surface area contributed by atoms with Crippen molar-refractivity contribution in [1.82, 2.24) is 15.1 Å². The van der Waals surface area contributed by atoms with E-state index < -0.39 is 0 Å². The van der Waals surface area contributed by atoms with Gasteiger partial charge in [-0.15, -0.1) is 0 Å². The normalized spacial score (nSPS) is 22.6. The number of nitrogens with zero attached hydrogens (tertiary/aromatic N) is 2. The smallest absolute Gasteiger partial charge is 0.131 e. The number of hydrogen-bond acceptors (Lipinski definition) is 4. The summed E-state index contributed by atoms with van der Waals surface area (Å²) in [4.78, 5) is 0. The second-order valence-electron chi connectivity index (χ2n) is 5.57. The predicted molar refractivity (Wildman–Crippen MR) is 78.9 cm³/mol. The van der Waals surface area contributed by atoms with Crippen LogP contribution in [0.4, 0.5) is 0 Å². The van der Waals surface area contributed by atoms with Gasteiger partial charge in [-0.3, -0.25) is 4.68 Å². The number of nitrogens with one attached hydrogen (secondary N) is 1. The molecule has 1 aromatic rings. The summed E-state index contributed by atoms with van der Waals surface area (Å²) in [5.41, 5.74) is 2.19. The molecule has 1 aliphatic heterocycles. The first-order chi connectivity index (χ1) is 9.62. The molecular weight excluding hydrogens is 278 g/mol. The van der Waals surface area contributed by atoms with Crippen molar-refractivity contribution in [3.05, 3.63) is 16.4 Å². The minimum absolute atomic E-state index is 0.0653. The molecule has 0 amide bonds. The quantitative estimate of drug-likeness (QED) is 0.801. The number of aliphatic hydroxyl groups is 1. The van der Waals surface area contributed by atoms with Crippen LogP contribution in [-0.4, -0.2) is 41.3 Å². The van der Waals surface area contributed by atoms with Gasteiger partial charge in [-0.05, 0) is 19.3 Å². The largest absolute Gasteiger partial charge is 0.396 e. The van der Waals surface area contributed by atoms with Gasteiger partial charge in [0.05, 0.1) is 12.3 Å². The van der Waals surface area contributed by atoms with Gasteiger partial charge in [0, 0.05) is 44.3 Å². The number of ether oxygens (including phenoxy) is 1. The zero-order valence-corrected chi connectivity index (χ0v) is 13.0. The van der Waals surface area contributed by atoms with Crippen molar-refractivity contribution in [3.8, 4) is 0 Å². The van der Waals surface area contributed by atoms with Crippen molar-refractivity contribution in [2.24, 2.45) is 12.5 Å². The van der Waals surface area contributed by atoms with E-state index in [9.17, 15) is 5.11 Å². The first-order valence-corrected chi connectivity index (χ1v) is 7.59. The van der Waals surface area contributed by atoms with Gasteiger partial charge in [-0.25, -0.2) is 0 Å². The van der Waals surface area contributed by atoms with E-state index >= 15 is 0 Å². The van der Waals surface area contributed by atoms with Crippen LogP contribution < -0.4 is 5.32 Å². The summed E-state index contributed by atoms with van der Waals surface area (Å²) in [7, 11) is 1.86. The fourth-order valence-electron chi connectivity index (χ4n) is 2.82. The van der Waals surface area contributed by atoms with Crippen LogP contribution in [0.15, 0.2) is 0 Å². The van der Waals surface area contributed by atoms with E-state index in [-0.39, 0.29) is 12.0 Å². The number of aliphatic hydroxyl groups excluding tert-OH is 1. The van der Waals surface area contributed by atoms with E-state index in [0.717, 1.165) is 50.3 Å². The molecule has 0 radical (unpaired) electrons. The van der Waals surface area contributed by atoms with E-state index in [0.29, 0.717) is 11.7 Å². The Kier molecular flexibility index (Phi) is 5.43. The fraction of sp³-hybridized carbons (Fsp3) is 0.786. The van der Waals surface area contributed by atoms with E-state index in [2.05, 4.69) is 17.3 Å². The molecule has 1 aromatic heterocycles. The number of aryl methyl sites for hydroxylation is 2. The number of halogens is 1. The van der Waals surface area contributed by atoms with E-state index in [4.69, 9.17) is 16.3 Å². The highest BCUT2D eigenvalue weighted by molar-refractivity contribution is 6.30. The molecule has 2 N–H and O–H groups in total. The predicted octanol–water partition coefficient (Wildman–Crippen LogP) is 1.51. The number of rotatable bonds is 7. The minimum atomic E-state index is 0.0653. The highest BCUT2D eigenvalue weighted by atomic mass is 35.5. The molecule has 0 bridgehead atoms. The second kappa shape index (κ2) is 6.89. The van der Waals surface area contributed by atoms with Gasteiger partial charge in [0.1, 0.15) is 5.15 Å². The molecule has 0 aliphatic carbocycles. The first kappa shape index (κ1) is 15.8. The SMILES string of the molecule is CCc1nn(C)c(Cl)c1CNCC1(CCO)CCOC1. The van der Waals surface area contributed by atoms with Crippen molar-refractivity contribution >= 4 is 11.6 Å². The van der Waals surface area contributed by atoms with Crippen LogP contribution in [0, 0.1) is 5.41 Å². The summed E-state index contributed by atoms with van der Waals surface area (Å²) in [5.74, 6) is 0. The Bertz CT molecular complexity index is 442. The van der Waals surface area contributed by atoms with Crippen molar-refractivity contribution in [1.29, 1.82) is 0 Å². The van der Waals surface area contributed by atoms with Gasteiger partial charge in [-0.1, -0.05) is 18.5 Å². The van der Waals surface area contributed by atoms with E-state index in [1.807, 2.05) is 7.05 Å². The van der Waals surface area contributed by atoms with Crippen LogP contribution in [0.5, 0.6) is 0 Å². The van der Waals surface area contributed by atoms with Crippen LogP contribution in [0.1, 0.15) is 31.0 Å². The zero-order valence-electron chi connectivity index (χ0n) is 12.3. The third kappa shape index (κ3) is 3.34. The average Bonchev–Trinajstić information content (AvgIpc) is 2.99. The minimum Gasteiger partial charge on any atom is -0.396 e. The Morgan fingerprint density at radius 1 is 1.55 bits per heavy atom. The van der Waals surface area contributed by atoms with Gasteiger partial charge in [0.15, 0.2) is 0 Å². The Morgan fingerprint density at radius 2 is 2.35 bits per heavy atom. The molecule has 5 nitrogen and oxygen atoms in total. The molecule has 2 rings (SSSR count). The van der Waals surface area contributed by atoms with Gasteiger partial charge in [0.2, 0.25) is 0 Å². The van der Waals surface area contributed by atoms with E-state index in [1.54, 1.807) is 4.68 Å². The maximum absolute atomic E-state index is 9.22. The molecular formula is C14H24ClN3O2. The highest BCUT2D eigenvalue weighted by Crippen LogP contribution is 2.31. The third-order valence-electron chi connectivity index (χ3n) is 4.12. The molecule has 2 heterocycles. The molecule has 0 saturated carbocycles. The molecule has 20 heavy (non-hydrogen) atoms. The maximum atomic E-state index is 9.22. The number of hydrogen-bond donors (Lipinski definition) is 2.